The molecule has 0 saturated carbocycles. The van der Waals surface area contributed by atoms with Crippen LogP contribution in [0, 0.1) is 11.3 Å². The van der Waals surface area contributed by atoms with Gasteiger partial charge in [0.1, 0.15) is 5.41 Å². The SMILES string of the molecule is CCOC(=O)[C@@]1(C)C(C)=C[C@@H](Cc2ccccc2)[C@@]1(C)O. The number of carbonyl (C=O) groups excluding carboxylic acids is 1. The monoisotopic (exact) mass is 288 g/mol. The Kier molecular flexibility index (Phi) is 4.24. The molecule has 0 aliphatic heterocycles. The molecule has 21 heavy (non-hydrogen) atoms. The Bertz CT molecular complexity index is 545. The highest BCUT2D eigenvalue weighted by Crippen LogP contribution is 2.51. The van der Waals surface area contributed by atoms with Crippen molar-refractivity contribution in [2.75, 3.05) is 6.61 Å². The van der Waals surface area contributed by atoms with Crippen LogP contribution in [0.15, 0.2) is 42.0 Å². The molecule has 0 spiro atoms. The van der Waals surface area contributed by atoms with Crippen LogP contribution in [0.3, 0.4) is 0 Å². The van der Waals surface area contributed by atoms with Crippen molar-refractivity contribution >= 4 is 5.97 Å². The van der Waals surface area contributed by atoms with E-state index in [4.69, 9.17) is 4.74 Å². The van der Waals surface area contributed by atoms with Crippen molar-refractivity contribution in [1.82, 2.24) is 0 Å². The Labute approximate surface area is 126 Å². The Morgan fingerprint density at radius 1 is 1.29 bits per heavy atom. The smallest absolute Gasteiger partial charge is 0.318 e. The number of esters is 1. The number of aliphatic hydroxyl groups is 1. The molecule has 0 aromatic heterocycles. The lowest BCUT2D eigenvalue weighted by molar-refractivity contribution is -0.167. The van der Waals surface area contributed by atoms with Gasteiger partial charge >= 0.3 is 5.97 Å². The highest BCUT2D eigenvalue weighted by Gasteiger charge is 2.58. The van der Waals surface area contributed by atoms with E-state index in [-0.39, 0.29) is 11.9 Å². The van der Waals surface area contributed by atoms with E-state index in [0.29, 0.717) is 13.0 Å². The molecule has 3 heteroatoms. The largest absolute Gasteiger partial charge is 0.465 e. The molecule has 0 heterocycles. The molecule has 1 aliphatic rings. The van der Waals surface area contributed by atoms with Gasteiger partial charge in [0.05, 0.1) is 12.2 Å². The third-order valence-corrected chi connectivity index (χ3v) is 4.96. The van der Waals surface area contributed by atoms with Gasteiger partial charge in [-0.15, -0.1) is 0 Å². The summed E-state index contributed by atoms with van der Waals surface area (Å²) in [6.07, 6.45) is 2.73. The first-order valence-corrected chi connectivity index (χ1v) is 7.46. The van der Waals surface area contributed by atoms with Crippen molar-refractivity contribution < 1.29 is 14.6 Å². The van der Waals surface area contributed by atoms with Gasteiger partial charge < -0.3 is 9.84 Å². The van der Waals surface area contributed by atoms with Crippen LogP contribution >= 0.6 is 0 Å². The molecule has 0 bridgehead atoms. The minimum absolute atomic E-state index is 0.102. The fraction of sp³-hybridized carbons (Fsp3) is 0.500. The highest BCUT2D eigenvalue weighted by atomic mass is 16.5. The Morgan fingerprint density at radius 3 is 2.48 bits per heavy atom. The van der Waals surface area contributed by atoms with E-state index in [1.54, 1.807) is 20.8 Å². The van der Waals surface area contributed by atoms with Crippen molar-refractivity contribution in [2.45, 2.75) is 39.7 Å². The summed E-state index contributed by atoms with van der Waals surface area (Å²) < 4.78 is 5.19. The molecule has 1 aliphatic carbocycles. The second-order valence-electron chi connectivity index (χ2n) is 6.14. The fourth-order valence-electron chi connectivity index (χ4n) is 3.17. The summed E-state index contributed by atoms with van der Waals surface area (Å²) >= 11 is 0. The van der Waals surface area contributed by atoms with E-state index in [1.807, 2.05) is 43.3 Å². The molecule has 0 saturated heterocycles. The molecular formula is C18H24O3. The van der Waals surface area contributed by atoms with Gasteiger partial charge in [0.25, 0.3) is 0 Å². The maximum absolute atomic E-state index is 12.4. The highest BCUT2D eigenvalue weighted by molar-refractivity contribution is 5.83. The summed E-state index contributed by atoms with van der Waals surface area (Å²) in [4.78, 5) is 12.4. The zero-order valence-electron chi connectivity index (χ0n) is 13.2. The first-order chi connectivity index (χ1) is 9.84. The summed E-state index contributed by atoms with van der Waals surface area (Å²) in [5.74, 6) is -0.450. The summed E-state index contributed by atoms with van der Waals surface area (Å²) in [6, 6.07) is 10.0. The zero-order valence-corrected chi connectivity index (χ0v) is 13.2. The fourth-order valence-corrected chi connectivity index (χ4v) is 3.17. The number of benzene rings is 1. The molecule has 0 unspecified atom stereocenters. The quantitative estimate of drug-likeness (QED) is 0.684. The summed E-state index contributed by atoms with van der Waals surface area (Å²) in [5, 5.41) is 11.0. The molecule has 0 radical (unpaired) electrons. The third-order valence-electron chi connectivity index (χ3n) is 4.96. The molecule has 1 aromatic rings. The normalized spacial score (nSPS) is 31.9. The lowest BCUT2D eigenvalue weighted by Crippen LogP contribution is -2.51. The standard InChI is InChI=1S/C18H24O3/c1-5-21-16(19)17(3)13(2)11-15(18(17,4)20)12-14-9-7-6-8-10-14/h6-11,15,20H,5,12H2,1-4H3/t15-,17+,18+/m0/s1. The number of ether oxygens (including phenoxy) is 1. The third kappa shape index (κ3) is 2.51. The molecule has 1 N–H and O–H groups in total. The molecule has 3 atom stereocenters. The maximum atomic E-state index is 12.4. The van der Waals surface area contributed by atoms with Crippen LogP contribution in [-0.4, -0.2) is 23.3 Å². The Morgan fingerprint density at radius 2 is 1.90 bits per heavy atom. The van der Waals surface area contributed by atoms with Gasteiger partial charge in [-0.2, -0.15) is 0 Å². The number of carbonyl (C=O) groups is 1. The van der Waals surface area contributed by atoms with Crippen molar-refractivity contribution in [3.63, 3.8) is 0 Å². The van der Waals surface area contributed by atoms with Gasteiger partial charge in [0, 0.05) is 5.92 Å². The van der Waals surface area contributed by atoms with Gasteiger partial charge in [-0.25, -0.2) is 0 Å². The summed E-state index contributed by atoms with van der Waals surface area (Å²) in [5.41, 5.74) is -0.103. The van der Waals surface area contributed by atoms with E-state index in [0.717, 1.165) is 11.1 Å². The van der Waals surface area contributed by atoms with Gasteiger partial charge in [-0.1, -0.05) is 42.0 Å². The van der Waals surface area contributed by atoms with E-state index in [1.165, 1.54) is 0 Å². The number of hydrogen-bond donors (Lipinski definition) is 1. The van der Waals surface area contributed by atoms with Gasteiger partial charge in [-0.05, 0) is 39.7 Å². The predicted octanol–water partition coefficient (Wildman–Crippen LogP) is 3.13. The van der Waals surface area contributed by atoms with Gasteiger partial charge in [0.2, 0.25) is 0 Å². The molecule has 114 valence electrons. The van der Waals surface area contributed by atoms with Crippen LogP contribution in [-0.2, 0) is 16.0 Å². The zero-order chi connectivity index (χ0) is 15.7. The minimum atomic E-state index is -1.15. The average Bonchev–Trinajstić information content (AvgIpc) is 2.62. The second kappa shape index (κ2) is 5.64. The van der Waals surface area contributed by atoms with Crippen LogP contribution < -0.4 is 0 Å². The Balaban J connectivity index is 2.30. The minimum Gasteiger partial charge on any atom is -0.465 e. The first-order valence-electron chi connectivity index (χ1n) is 7.46. The molecular weight excluding hydrogens is 264 g/mol. The van der Waals surface area contributed by atoms with Crippen molar-refractivity contribution in [3.8, 4) is 0 Å². The Hall–Kier alpha value is -1.61. The van der Waals surface area contributed by atoms with Crippen LogP contribution in [0.2, 0.25) is 0 Å². The van der Waals surface area contributed by atoms with Crippen molar-refractivity contribution in [3.05, 3.63) is 47.5 Å². The molecule has 3 nitrogen and oxygen atoms in total. The summed E-state index contributed by atoms with van der Waals surface area (Å²) in [6.45, 7) is 7.52. The average molecular weight is 288 g/mol. The lowest BCUT2D eigenvalue weighted by Gasteiger charge is -2.39. The topological polar surface area (TPSA) is 46.5 Å². The van der Waals surface area contributed by atoms with Crippen LogP contribution in [0.4, 0.5) is 0 Å². The van der Waals surface area contributed by atoms with Crippen LogP contribution in [0.5, 0.6) is 0 Å². The number of hydrogen-bond acceptors (Lipinski definition) is 3. The lowest BCUT2D eigenvalue weighted by atomic mass is 9.69. The molecule has 0 amide bonds. The van der Waals surface area contributed by atoms with Crippen molar-refractivity contribution in [1.29, 1.82) is 0 Å². The summed E-state index contributed by atoms with van der Waals surface area (Å²) in [7, 11) is 0. The molecule has 0 fully saturated rings. The van der Waals surface area contributed by atoms with Gasteiger partial charge in [0.15, 0.2) is 0 Å². The van der Waals surface area contributed by atoms with E-state index < -0.39 is 11.0 Å². The second-order valence-corrected chi connectivity index (χ2v) is 6.14. The van der Waals surface area contributed by atoms with E-state index >= 15 is 0 Å². The van der Waals surface area contributed by atoms with E-state index in [2.05, 4.69) is 0 Å². The molecule has 2 rings (SSSR count). The van der Waals surface area contributed by atoms with Crippen LogP contribution in [0.1, 0.15) is 33.3 Å². The van der Waals surface area contributed by atoms with E-state index in [9.17, 15) is 9.90 Å². The first kappa shape index (κ1) is 15.8. The van der Waals surface area contributed by atoms with Crippen LogP contribution in [0.25, 0.3) is 0 Å². The maximum Gasteiger partial charge on any atom is 0.318 e. The van der Waals surface area contributed by atoms with Gasteiger partial charge in [-0.3, -0.25) is 4.79 Å². The predicted molar refractivity (Wildman–Crippen MR) is 82.8 cm³/mol. The number of rotatable bonds is 4. The molecule has 1 aromatic carbocycles. The van der Waals surface area contributed by atoms with Crippen molar-refractivity contribution in [2.24, 2.45) is 11.3 Å².